The predicted octanol–water partition coefficient (Wildman–Crippen LogP) is 1.09. The molecule has 0 aliphatic carbocycles. The minimum atomic E-state index is -0.635. The van der Waals surface area contributed by atoms with E-state index < -0.39 is 4.92 Å². The van der Waals surface area contributed by atoms with Gasteiger partial charge in [-0.1, -0.05) is 0 Å². The maximum absolute atomic E-state index is 11.4. The molecule has 2 aromatic rings. The van der Waals surface area contributed by atoms with Crippen LogP contribution in [0.2, 0.25) is 0 Å². The molecule has 0 saturated heterocycles. The van der Waals surface area contributed by atoms with Gasteiger partial charge in [-0.3, -0.25) is 10.1 Å². The van der Waals surface area contributed by atoms with Gasteiger partial charge in [0.25, 0.3) is 0 Å². The zero-order chi connectivity index (χ0) is 13.1. The molecule has 0 atom stereocenters. The second-order valence-electron chi connectivity index (χ2n) is 3.39. The third-order valence-electron chi connectivity index (χ3n) is 2.17. The summed E-state index contributed by atoms with van der Waals surface area (Å²) in [5, 5.41) is 29.0. The van der Waals surface area contributed by atoms with Crippen molar-refractivity contribution >= 4 is 18.0 Å². The molecule has 0 aromatic carbocycles. The van der Waals surface area contributed by atoms with E-state index in [0.717, 1.165) is 6.33 Å². The van der Waals surface area contributed by atoms with Crippen LogP contribution in [0.25, 0.3) is 12.2 Å². The second-order valence-corrected chi connectivity index (χ2v) is 3.39. The summed E-state index contributed by atoms with van der Waals surface area (Å²) in [6.45, 7) is 1.63. The van der Waals surface area contributed by atoms with Crippen LogP contribution in [0.15, 0.2) is 22.9 Å². The fourth-order valence-electron chi connectivity index (χ4n) is 1.32. The van der Waals surface area contributed by atoms with Gasteiger partial charge >= 0.3 is 12.2 Å². The minimum absolute atomic E-state index is 0.276. The molecule has 0 unspecified atom stereocenters. The molecular weight excluding hydrogens is 240 g/mol. The van der Waals surface area contributed by atoms with Crippen molar-refractivity contribution in [2.24, 2.45) is 0 Å². The summed E-state index contributed by atoms with van der Waals surface area (Å²) in [5.74, 6) is -0.0767. The van der Waals surface area contributed by atoms with Crippen LogP contribution in [0, 0.1) is 22.2 Å². The van der Waals surface area contributed by atoms with Crippen LogP contribution < -0.4 is 4.73 Å². The van der Waals surface area contributed by atoms with Gasteiger partial charge in [0, 0.05) is 0 Å². The quantitative estimate of drug-likeness (QED) is 0.348. The molecule has 0 bridgehead atoms. The summed E-state index contributed by atoms with van der Waals surface area (Å²) in [5.41, 5.74) is 0.744. The third-order valence-corrected chi connectivity index (χ3v) is 2.17. The van der Waals surface area contributed by atoms with Crippen LogP contribution >= 0.6 is 0 Å². The zero-order valence-electron chi connectivity index (χ0n) is 9.31. The van der Waals surface area contributed by atoms with Gasteiger partial charge in [0.05, 0.1) is 11.2 Å². The predicted molar refractivity (Wildman–Crippen MR) is 60.0 cm³/mol. The van der Waals surface area contributed by atoms with Crippen molar-refractivity contribution in [1.29, 1.82) is 0 Å². The van der Waals surface area contributed by atoms with E-state index in [0.29, 0.717) is 16.1 Å². The summed E-state index contributed by atoms with van der Waals surface area (Å²) in [6, 6.07) is 2.68. The molecular formula is C10H8N4O4. The lowest BCUT2D eigenvalue weighted by Crippen LogP contribution is -2.32. The van der Waals surface area contributed by atoms with Crippen LogP contribution in [0.5, 0.6) is 0 Å². The zero-order valence-corrected chi connectivity index (χ0v) is 9.31. The highest BCUT2D eigenvalue weighted by Crippen LogP contribution is 2.17. The van der Waals surface area contributed by atoms with Crippen molar-refractivity contribution in [3.05, 3.63) is 50.9 Å². The number of rotatable bonds is 3. The van der Waals surface area contributed by atoms with E-state index in [1.165, 1.54) is 24.3 Å². The number of nitrogens with zero attached hydrogens (tertiary/aromatic N) is 4. The van der Waals surface area contributed by atoms with Crippen LogP contribution in [-0.4, -0.2) is 15.1 Å². The maximum atomic E-state index is 11.4. The summed E-state index contributed by atoms with van der Waals surface area (Å²) >= 11 is 0. The highest BCUT2D eigenvalue weighted by molar-refractivity contribution is 5.65. The fourth-order valence-corrected chi connectivity index (χ4v) is 1.32. The SMILES string of the molecule is Cc1nnc[n+]([O-])c1/C=C/c1ccc([N+](=O)[O-])o1. The van der Waals surface area contributed by atoms with E-state index in [9.17, 15) is 15.3 Å². The largest absolute Gasteiger partial charge is 0.710 e. The normalized spacial score (nSPS) is 10.9. The number of aromatic nitrogens is 3. The Morgan fingerprint density at radius 2 is 2.22 bits per heavy atom. The summed E-state index contributed by atoms with van der Waals surface area (Å²) in [7, 11) is 0. The smallest absolute Gasteiger partial charge is 0.433 e. The van der Waals surface area contributed by atoms with E-state index in [1.54, 1.807) is 6.92 Å². The Hall–Kier alpha value is -2.77. The average molecular weight is 248 g/mol. The van der Waals surface area contributed by atoms with E-state index in [4.69, 9.17) is 4.42 Å². The van der Waals surface area contributed by atoms with Crippen LogP contribution in [0.4, 0.5) is 5.88 Å². The number of aryl methyl sites for hydroxylation is 1. The number of hydrogen-bond donors (Lipinski definition) is 0. The van der Waals surface area contributed by atoms with E-state index in [-0.39, 0.29) is 11.6 Å². The molecule has 92 valence electrons. The molecule has 8 nitrogen and oxygen atoms in total. The Bertz CT molecular complexity index is 600. The second kappa shape index (κ2) is 4.62. The van der Waals surface area contributed by atoms with Gasteiger partial charge in [0.15, 0.2) is 5.69 Å². The summed E-state index contributed by atoms with van der Waals surface area (Å²) in [4.78, 5) is 9.78. The Morgan fingerprint density at radius 3 is 2.83 bits per heavy atom. The molecule has 2 aromatic heterocycles. The number of furan rings is 1. The Labute approximate surface area is 101 Å². The van der Waals surface area contributed by atoms with Crippen molar-refractivity contribution < 1.29 is 14.1 Å². The molecule has 0 N–H and O–H groups in total. The molecule has 2 heterocycles. The standard InChI is InChI=1S/C10H8N4O4/c1-7-9(13(15)6-11-12-7)4-2-8-3-5-10(18-8)14(16)17/h2-6H,1H3/b4-2+. The Balaban J connectivity index is 2.27. The highest BCUT2D eigenvalue weighted by atomic mass is 16.6. The molecule has 18 heavy (non-hydrogen) atoms. The molecule has 2 rings (SSSR count). The van der Waals surface area contributed by atoms with Crippen molar-refractivity contribution in [3.63, 3.8) is 0 Å². The lowest BCUT2D eigenvalue weighted by atomic mass is 10.3. The number of hydrogen-bond acceptors (Lipinski definition) is 6. The Kier molecular flexibility index (Phi) is 3.00. The van der Waals surface area contributed by atoms with Crippen molar-refractivity contribution in [2.75, 3.05) is 0 Å². The van der Waals surface area contributed by atoms with Crippen LogP contribution in [-0.2, 0) is 0 Å². The topological polar surface area (TPSA) is 109 Å². The van der Waals surface area contributed by atoms with Gasteiger partial charge in [0.2, 0.25) is 0 Å². The average Bonchev–Trinajstić information content (AvgIpc) is 2.77. The monoisotopic (exact) mass is 248 g/mol. The first-order valence-corrected chi connectivity index (χ1v) is 4.91. The summed E-state index contributed by atoms with van der Waals surface area (Å²) < 4.78 is 5.47. The van der Waals surface area contributed by atoms with Gasteiger partial charge in [-0.2, -0.15) is 0 Å². The fraction of sp³-hybridized carbons (Fsp3) is 0.100. The van der Waals surface area contributed by atoms with Gasteiger partial charge in [-0.15, -0.1) is 0 Å². The first-order chi connectivity index (χ1) is 8.58. The van der Waals surface area contributed by atoms with Crippen molar-refractivity contribution in [1.82, 2.24) is 10.2 Å². The molecule has 0 aliphatic heterocycles. The van der Waals surface area contributed by atoms with Crippen molar-refractivity contribution in [3.8, 4) is 0 Å². The van der Waals surface area contributed by atoms with Crippen molar-refractivity contribution in [2.45, 2.75) is 6.92 Å². The molecule has 8 heteroatoms. The van der Waals surface area contributed by atoms with Gasteiger partial charge in [0.1, 0.15) is 16.4 Å². The molecule has 0 saturated carbocycles. The van der Waals surface area contributed by atoms with E-state index >= 15 is 0 Å². The van der Waals surface area contributed by atoms with E-state index in [2.05, 4.69) is 10.2 Å². The first-order valence-electron chi connectivity index (χ1n) is 4.91. The molecule has 0 amide bonds. The molecule has 0 spiro atoms. The first kappa shape index (κ1) is 11.7. The number of nitro groups is 1. The van der Waals surface area contributed by atoms with Crippen LogP contribution in [0.1, 0.15) is 17.1 Å². The van der Waals surface area contributed by atoms with Gasteiger partial charge in [-0.05, 0) is 30.2 Å². The maximum Gasteiger partial charge on any atom is 0.433 e. The minimum Gasteiger partial charge on any atom is -0.710 e. The third kappa shape index (κ3) is 2.32. The lowest BCUT2D eigenvalue weighted by molar-refractivity contribution is -0.612. The lowest BCUT2D eigenvalue weighted by Gasteiger charge is -2.03. The van der Waals surface area contributed by atoms with Crippen LogP contribution in [0.3, 0.4) is 0 Å². The summed E-state index contributed by atoms with van der Waals surface area (Å²) in [6.07, 6.45) is 3.93. The highest BCUT2D eigenvalue weighted by Gasteiger charge is 2.10. The molecule has 0 aliphatic rings. The molecule has 0 fully saturated rings. The van der Waals surface area contributed by atoms with Gasteiger partial charge in [-0.25, -0.2) is 4.73 Å². The van der Waals surface area contributed by atoms with E-state index in [1.807, 2.05) is 0 Å². The van der Waals surface area contributed by atoms with Gasteiger partial charge < -0.3 is 9.62 Å². The molecule has 0 radical (unpaired) electrons. The Morgan fingerprint density at radius 1 is 1.44 bits per heavy atom.